The van der Waals surface area contributed by atoms with Gasteiger partial charge in [0.25, 0.3) is 0 Å². The maximum absolute atomic E-state index is 13.1. The third-order valence-corrected chi connectivity index (χ3v) is 4.56. The van der Waals surface area contributed by atoms with Gasteiger partial charge in [0.15, 0.2) is 0 Å². The van der Waals surface area contributed by atoms with Crippen LogP contribution in [0.15, 0.2) is 41.1 Å². The van der Waals surface area contributed by atoms with Gasteiger partial charge >= 0.3 is 6.18 Å². The monoisotopic (exact) mass is 441 g/mol. The smallest absolute Gasteiger partial charge is 0.263 e. The highest BCUT2D eigenvalue weighted by Gasteiger charge is 2.35. The number of hydrogen-bond donors (Lipinski definition) is 0. The van der Waals surface area contributed by atoms with E-state index in [0.717, 1.165) is 11.6 Å². The molecule has 112 valence electrons. The van der Waals surface area contributed by atoms with Gasteiger partial charge < -0.3 is 0 Å². The molecule has 0 aliphatic carbocycles. The summed E-state index contributed by atoms with van der Waals surface area (Å²) in [7, 11) is 0. The summed E-state index contributed by atoms with van der Waals surface area (Å²) in [5.74, 6) is 0. The Labute approximate surface area is 141 Å². The summed E-state index contributed by atoms with van der Waals surface area (Å²) in [6.45, 7) is 0. The summed E-state index contributed by atoms with van der Waals surface area (Å²) < 4.78 is 39.8. The molecule has 1 heterocycles. The molecule has 0 saturated heterocycles. The molecule has 2 aromatic rings. The van der Waals surface area contributed by atoms with Crippen LogP contribution in [-0.2, 0) is 12.6 Å². The van der Waals surface area contributed by atoms with Crippen molar-refractivity contribution in [1.82, 2.24) is 4.98 Å². The maximum Gasteiger partial charge on any atom is 0.416 e. The van der Waals surface area contributed by atoms with Crippen molar-refractivity contribution >= 4 is 43.5 Å². The zero-order valence-corrected chi connectivity index (χ0v) is 14.4. The lowest BCUT2D eigenvalue weighted by atomic mass is 10.00. The fraction of sp³-hybridized carbons (Fsp3) is 0.214. The van der Waals surface area contributed by atoms with Crippen molar-refractivity contribution in [1.29, 1.82) is 0 Å². The van der Waals surface area contributed by atoms with Gasteiger partial charge in [-0.15, -0.1) is 0 Å². The Morgan fingerprint density at radius 2 is 1.95 bits per heavy atom. The summed E-state index contributed by atoms with van der Waals surface area (Å²) in [4.78, 5) is 3.36. The summed E-state index contributed by atoms with van der Waals surface area (Å²) >= 11 is 12.4. The second kappa shape index (κ2) is 6.67. The Bertz CT molecular complexity index is 646. The Morgan fingerprint density at radius 3 is 2.57 bits per heavy atom. The van der Waals surface area contributed by atoms with Crippen molar-refractivity contribution in [2.24, 2.45) is 0 Å². The molecule has 0 amide bonds. The SMILES string of the molecule is FC(F)(F)c1cc(Br)ccc1C(Br)Cc1ccncc1Cl. The minimum absolute atomic E-state index is 0.179. The van der Waals surface area contributed by atoms with Crippen molar-refractivity contribution in [3.8, 4) is 0 Å². The molecule has 0 bridgehead atoms. The topological polar surface area (TPSA) is 12.9 Å². The van der Waals surface area contributed by atoms with Gasteiger partial charge in [-0.3, -0.25) is 4.98 Å². The molecule has 1 unspecified atom stereocenters. The highest BCUT2D eigenvalue weighted by atomic mass is 79.9. The molecule has 0 spiro atoms. The standard InChI is InChI=1S/C14H9Br2ClF3N/c15-9-1-2-10(11(6-9)14(18,19)20)12(16)5-8-3-4-21-7-13(8)17/h1-4,6-7,12H,5H2. The molecule has 1 aromatic carbocycles. The van der Waals surface area contributed by atoms with Gasteiger partial charge in [0.1, 0.15) is 0 Å². The Hall–Kier alpha value is -0.590. The summed E-state index contributed by atoms with van der Waals surface area (Å²) in [5.41, 5.74) is 0.257. The van der Waals surface area contributed by atoms with Crippen LogP contribution in [0.2, 0.25) is 5.02 Å². The van der Waals surface area contributed by atoms with E-state index in [2.05, 4.69) is 36.8 Å². The van der Waals surface area contributed by atoms with Crippen LogP contribution in [-0.4, -0.2) is 4.98 Å². The number of alkyl halides is 4. The zero-order chi connectivity index (χ0) is 15.6. The lowest BCUT2D eigenvalue weighted by Crippen LogP contribution is -2.11. The number of pyridine rings is 1. The highest BCUT2D eigenvalue weighted by molar-refractivity contribution is 9.10. The molecular formula is C14H9Br2ClF3N. The fourth-order valence-corrected chi connectivity index (χ4v) is 3.23. The molecule has 0 radical (unpaired) electrons. The van der Waals surface area contributed by atoms with Crippen molar-refractivity contribution in [2.75, 3.05) is 0 Å². The van der Waals surface area contributed by atoms with Crippen LogP contribution < -0.4 is 0 Å². The van der Waals surface area contributed by atoms with Gasteiger partial charge in [-0.25, -0.2) is 0 Å². The van der Waals surface area contributed by atoms with Crippen LogP contribution in [0.5, 0.6) is 0 Å². The van der Waals surface area contributed by atoms with Crippen LogP contribution >= 0.6 is 43.5 Å². The zero-order valence-electron chi connectivity index (χ0n) is 10.5. The van der Waals surface area contributed by atoms with Crippen molar-refractivity contribution in [3.63, 3.8) is 0 Å². The molecule has 0 fully saturated rings. The van der Waals surface area contributed by atoms with E-state index in [4.69, 9.17) is 11.6 Å². The number of rotatable bonds is 3. The van der Waals surface area contributed by atoms with E-state index in [9.17, 15) is 13.2 Å². The van der Waals surface area contributed by atoms with E-state index in [0.29, 0.717) is 15.9 Å². The molecule has 0 aliphatic heterocycles. The van der Waals surface area contributed by atoms with Crippen LogP contribution in [0.3, 0.4) is 0 Å². The fourth-order valence-electron chi connectivity index (χ4n) is 1.92. The number of benzene rings is 1. The Morgan fingerprint density at radius 1 is 1.24 bits per heavy atom. The summed E-state index contributed by atoms with van der Waals surface area (Å²) in [6, 6.07) is 5.83. The van der Waals surface area contributed by atoms with Crippen LogP contribution in [0.1, 0.15) is 21.5 Å². The molecule has 0 aliphatic rings. The Balaban J connectivity index is 2.36. The van der Waals surface area contributed by atoms with Crippen LogP contribution in [0, 0.1) is 0 Å². The van der Waals surface area contributed by atoms with Crippen molar-refractivity contribution < 1.29 is 13.2 Å². The molecule has 2 rings (SSSR count). The van der Waals surface area contributed by atoms with E-state index in [1.54, 1.807) is 18.3 Å². The van der Waals surface area contributed by atoms with Gasteiger partial charge in [-0.2, -0.15) is 13.2 Å². The van der Waals surface area contributed by atoms with Gasteiger partial charge in [-0.1, -0.05) is 49.5 Å². The first kappa shape index (κ1) is 16.8. The first-order chi connectivity index (χ1) is 9.79. The van der Waals surface area contributed by atoms with Gasteiger partial charge in [0.2, 0.25) is 0 Å². The number of aromatic nitrogens is 1. The summed E-state index contributed by atoms with van der Waals surface area (Å²) in [5, 5.41) is 0.438. The molecular weight excluding hydrogens is 434 g/mol. The lowest BCUT2D eigenvalue weighted by molar-refractivity contribution is -0.138. The van der Waals surface area contributed by atoms with Crippen LogP contribution in [0.4, 0.5) is 13.2 Å². The molecule has 21 heavy (non-hydrogen) atoms. The average Bonchev–Trinajstić information content (AvgIpc) is 2.40. The first-order valence-electron chi connectivity index (χ1n) is 5.88. The second-order valence-electron chi connectivity index (χ2n) is 4.37. The molecule has 1 nitrogen and oxygen atoms in total. The highest BCUT2D eigenvalue weighted by Crippen LogP contribution is 2.40. The summed E-state index contributed by atoms with van der Waals surface area (Å²) in [6.07, 6.45) is -1.03. The molecule has 7 heteroatoms. The van der Waals surface area contributed by atoms with E-state index < -0.39 is 16.6 Å². The number of nitrogens with zero attached hydrogens (tertiary/aromatic N) is 1. The third kappa shape index (κ3) is 4.20. The maximum atomic E-state index is 13.1. The van der Waals surface area contributed by atoms with Crippen LogP contribution in [0.25, 0.3) is 0 Å². The predicted octanol–water partition coefficient (Wildman–Crippen LogP) is 6.20. The van der Waals surface area contributed by atoms with Gasteiger partial charge in [-0.05, 0) is 35.7 Å². The number of hydrogen-bond acceptors (Lipinski definition) is 1. The minimum atomic E-state index is -4.41. The molecule has 0 saturated carbocycles. The first-order valence-corrected chi connectivity index (χ1v) is 7.97. The molecule has 1 atom stereocenters. The number of halogens is 6. The molecule has 0 N–H and O–H groups in total. The second-order valence-corrected chi connectivity index (χ2v) is 6.80. The Kier molecular flexibility index (Phi) is 5.33. The third-order valence-electron chi connectivity index (χ3n) is 2.91. The molecule has 1 aromatic heterocycles. The van der Waals surface area contributed by atoms with Crippen molar-refractivity contribution in [2.45, 2.75) is 17.4 Å². The van der Waals surface area contributed by atoms with Gasteiger partial charge in [0, 0.05) is 21.7 Å². The van der Waals surface area contributed by atoms with E-state index in [1.165, 1.54) is 12.3 Å². The largest absolute Gasteiger partial charge is 0.416 e. The van der Waals surface area contributed by atoms with Gasteiger partial charge in [0.05, 0.1) is 10.6 Å². The van der Waals surface area contributed by atoms with Crippen molar-refractivity contribution in [3.05, 3.63) is 62.8 Å². The van der Waals surface area contributed by atoms with E-state index in [-0.39, 0.29) is 5.56 Å². The predicted molar refractivity (Wildman–Crippen MR) is 83.8 cm³/mol. The average molecular weight is 443 g/mol. The quantitative estimate of drug-likeness (QED) is 0.515. The van der Waals surface area contributed by atoms with E-state index >= 15 is 0 Å². The van der Waals surface area contributed by atoms with E-state index in [1.807, 2.05) is 0 Å². The minimum Gasteiger partial charge on any atom is -0.263 e. The lowest BCUT2D eigenvalue weighted by Gasteiger charge is -2.18. The normalized spacial score (nSPS) is 13.2.